The molecule has 0 fully saturated rings. The predicted molar refractivity (Wildman–Crippen MR) is 78.1 cm³/mol. The Morgan fingerprint density at radius 2 is 1.67 bits per heavy atom. The zero-order chi connectivity index (χ0) is 10.1. The first-order valence-corrected chi connectivity index (χ1v) is 7.52. The number of alkyl halides is 1. The molecule has 0 aliphatic carbocycles. The van der Waals surface area contributed by atoms with Crippen molar-refractivity contribution in [1.82, 2.24) is 0 Å². The third-order valence-electron chi connectivity index (χ3n) is 2.39. The van der Waals surface area contributed by atoms with Gasteiger partial charge in [0.1, 0.15) is 0 Å². The molecule has 0 amide bonds. The Morgan fingerprint density at radius 3 is 2.27 bits per heavy atom. The summed E-state index contributed by atoms with van der Waals surface area (Å²) in [6.07, 6.45) is 9.62. The minimum absolute atomic E-state index is 0. The summed E-state index contributed by atoms with van der Waals surface area (Å²) >= 11 is 5.35. The molecule has 84 valence electrons. The number of hydrogen-bond acceptors (Lipinski definition) is 1. The van der Waals surface area contributed by atoms with Gasteiger partial charge in [0.05, 0.1) is 0 Å². The molecule has 3 heteroatoms. The first-order chi connectivity index (χ1) is 6.93. The lowest BCUT2D eigenvalue weighted by atomic mass is 10.1. The summed E-state index contributed by atoms with van der Waals surface area (Å²) in [6, 6.07) is 4.39. The van der Waals surface area contributed by atoms with Crippen molar-refractivity contribution in [2.24, 2.45) is 0 Å². The molecule has 1 heterocycles. The molecule has 0 aliphatic rings. The molecule has 0 spiro atoms. The van der Waals surface area contributed by atoms with Crippen LogP contribution < -0.4 is 0 Å². The molecule has 0 saturated carbocycles. The Bertz CT molecular complexity index is 211. The predicted octanol–water partition coefficient (Wildman–Crippen LogP) is 4.11. The molecule has 1 aromatic heterocycles. The number of halogens is 1. The van der Waals surface area contributed by atoms with E-state index in [2.05, 4.69) is 33.4 Å². The van der Waals surface area contributed by atoms with Gasteiger partial charge in [-0.1, -0.05) is 47.7 Å². The van der Waals surface area contributed by atoms with Crippen molar-refractivity contribution in [1.29, 1.82) is 0 Å². The van der Waals surface area contributed by atoms with Crippen molar-refractivity contribution in [3.63, 3.8) is 0 Å². The van der Waals surface area contributed by atoms with Crippen LogP contribution in [0.25, 0.3) is 0 Å². The molecule has 0 bridgehead atoms. The number of rotatable bonds is 8. The van der Waals surface area contributed by atoms with E-state index < -0.39 is 0 Å². The van der Waals surface area contributed by atoms with Crippen LogP contribution >= 0.6 is 27.3 Å². The van der Waals surface area contributed by atoms with Crippen molar-refractivity contribution >= 4 is 50.3 Å². The van der Waals surface area contributed by atoms with Gasteiger partial charge in [-0.05, 0) is 30.7 Å². The highest BCUT2D eigenvalue weighted by Crippen LogP contribution is 2.14. The fourth-order valence-corrected chi connectivity index (χ4v) is 2.70. The van der Waals surface area contributed by atoms with E-state index in [1.54, 1.807) is 4.88 Å². The van der Waals surface area contributed by atoms with Gasteiger partial charge in [-0.2, -0.15) is 0 Å². The van der Waals surface area contributed by atoms with E-state index >= 15 is 0 Å². The maximum absolute atomic E-state index is 3.46. The van der Waals surface area contributed by atoms with Crippen molar-refractivity contribution in [2.45, 2.75) is 44.9 Å². The van der Waals surface area contributed by atoms with Gasteiger partial charge >= 0.3 is 23.1 Å². The van der Waals surface area contributed by atoms with Crippen LogP contribution in [-0.4, -0.2) is 28.4 Å². The summed E-state index contributed by atoms with van der Waals surface area (Å²) in [4.78, 5) is 1.55. The Hall–Kier alpha value is 0.946. The van der Waals surface area contributed by atoms with Gasteiger partial charge < -0.3 is 0 Å². The lowest BCUT2D eigenvalue weighted by Gasteiger charge is -1.99. The van der Waals surface area contributed by atoms with Crippen molar-refractivity contribution in [3.8, 4) is 0 Å². The van der Waals surface area contributed by atoms with Crippen molar-refractivity contribution in [3.05, 3.63) is 22.4 Å². The zero-order valence-corrected chi connectivity index (χ0v) is 11.1. The van der Waals surface area contributed by atoms with Gasteiger partial charge in [0.25, 0.3) is 0 Å². The summed E-state index contributed by atoms with van der Waals surface area (Å²) in [6.45, 7) is 0. The molecule has 0 radical (unpaired) electrons. The van der Waals surface area contributed by atoms with Crippen LogP contribution in [0.15, 0.2) is 17.5 Å². The van der Waals surface area contributed by atoms with E-state index in [1.807, 2.05) is 11.3 Å². The van der Waals surface area contributed by atoms with Gasteiger partial charge in [0, 0.05) is 10.2 Å². The normalized spacial score (nSPS) is 9.93. The highest BCUT2D eigenvalue weighted by atomic mass is 79.9. The van der Waals surface area contributed by atoms with Crippen molar-refractivity contribution < 1.29 is 0 Å². The molecule has 0 saturated heterocycles. The average Bonchev–Trinajstić information content (AvgIpc) is 2.69. The summed E-state index contributed by atoms with van der Waals surface area (Å²) in [5.74, 6) is 0. The molecular formula is C12H21BrMgS. The quantitative estimate of drug-likeness (QED) is 0.385. The number of aryl methyl sites for hydroxylation is 1. The second-order valence-electron chi connectivity index (χ2n) is 3.64. The first-order valence-electron chi connectivity index (χ1n) is 5.52. The Morgan fingerprint density at radius 1 is 1.00 bits per heavy atom. The van der Waals surface area contributed by atoms with Gasteiger partial charge in [0.2, 0.25) is 0 Å². The van der Waals surface area contributed by atoms with Gasteiger partial charge in [-0.25, -0.2) is 0 Å². The van der Waals surface area contributed by atoms with Crippen LogP contribution in [0, 0.1) is 0 Å². The third kappa shape index (κ3) is 8.72. The highest BCUT2D eigenvalue weighted by molar-refractivity contribution is 9.09. The number of hydrogen-bond donors (Lipinski definition) is 0. The summed E-state index contributed by atoms with van der Waals surface area (Å²) in [5, 5.41) is 3.34. The second kappa shape index (κ2) is 11.4. The van der Waals surface area contributed by atoms with E-state index in [-0.39, 0.29) is 23.1 Å². The maximum atomic E-state index is 3.46. The van der Waals surface area contributed by atoms with E-state index in [0.29, 0.717) is 0 Å². The standard InChI is InChI=1S/C12H19BrS.Mg.2H/c13-10-6-4-2-1-3-5-8-12-9-7-11-14-12;;;/h7,9,11H,1-6,8,10H2;;;. The fraction of sp³-hybridized carbons (Fsp3) is 0.667. The lowest BCUT2D eigenvalue weighted by molar-refractivity contribution is 0.611. The Balaban J connectivity index is 0.00000196. The summed E-state index contributed by atoms with van der Waals surface area (Å²) < 4.78 is 0. The Labute approximate surface area is 122 Å². The molecule has 0 unspecified atom stereocenters. The van der Waals surface area contributed by atoms with Crippen LogP contribution in [-0.2, 0) is 6.42 Å². The summed E-state index contributed by atoms with van der Waals surface area (Å²) in [7, 11) is 0. The van der Waals surface area contributed by atoms with Crippen molar-refractivity contribution in [2.75, 3.05) is 5.33 Å². The zero-order valence-electron chi connectivity index (χ0n) is 8.68. The summed E-state index contributed by atoms with van der Waals surface area (Å²) in [5.41, 5.74) is 0. The lowest BCUT2D eigenvalue weighted by Crippen LogP contribution is -1.83. The molecular weight excluding hydrogens is 280 g/mol. The molecule has 0 aliphatic heterocycles. The molecule has 15 heavy (non-hydrogen) atoms. The third-order valence-corrected chi connectivity index (χ3v) is 3.88. The average molecular weight is 302 g/mol. The van der Waals surface area contributed by atoms with Gasteiger partial charge in [-0.15, -0.1) is 11.3 Å². The molecule has 1 rings (SSSR count). The van der Waals surface area contributed by atoms with Crippen LogP contribution in [0.1, 0.15) is 43.4 Å². The van der Waals surface area contributed by atoms with E-state index in [4.69, 9.17) is 0 Å². The molecule has 1 aromatic rings. The minimum atomic E-state index is 0. The van der Waals surface area contributed by atoms with Crippen LogP contribution in [0.2, 0.25) is 0 Å². The van der Waals surface area contributed by atoms with Crippen LogP contribution in [0.5, 0.6) is 0 Å². The van der Waals surface area contributed by atoms with Crippen LogP contribution in [0.3, 0.4) is 0 Å². The minimum Gasteiger partial charge on any atom is -0.149 e. The molecule has 0 aromatic carbocycles. The molecule has 0 N–H and O–H groups in total. The topological polar surface area (TPSA) is 0 Å². The molecule has 0 nitrogen and oxygen atoms in total. The maximum Gasteiger partial charge on any atom is 0.316 e. The monoisotopic (exact) mass is 300 g/mol. The van der Waals surface area contributed by atoms with E-state index in [0.717, 1.165) is 0 Å². The second-order valence-corrected chi connectivity index (χ2v) is 5.46. The fourth-order valence-electron chi connectivity index (χ4n) is 1.56. The first kappa shape index (κ1) is 15.9. The molecule has 0 atom stereocenters. The van der Waals surface area contributed by atoms with Gasteiger partial charge in [-0.3, -0.25) is 0 Å². The van der Waals surface area contributed by atoms with Gasteiger partial charge in [0.15, 0.2) is 0 Å². The van der Waals surface area contributed by atoms with E-state index in [1.165, 1.54) is 50.3 Å². The highest BCUT2D eigenvalue weighted by Gasteiger charge is 1.94. The number of unbranched alkanes of at least 4 members (excludes halogenated alkanes) is 5. The van der Waals surface area contributed by atoms with Crippen LogP contribution in [0.4, 0.5) is 0 Å². The SMILES string of the molecule is BrCCCCCCCCc1cccs1.[MgH2]. The van der Waals surface area contributed by atoms with E-state index in [9.17, 15) is 0 Å². The smallest absolute Gasteiger partial charge is 0.149 e. The largest absolute Gasteiger partial charge is 0.316 e. The Kier molecular flexibility index (Phi) is 12.2. The number of thiophene rings is 1.